The van der Waals surface area contributed by atoms with Crippen molar-refractivity contribution in [3.05, 3.63) is 29.3 Å². The zero-order chi connectivity index (χ0) is 11.3. The third-order valence-corrected chi connectivity index (χ3v) is 2.73. The Kier molecular flexibility index (Phi) is 4.17. The molecule has 1 aromatic rings. The number of hydrogen-bond donors (Lipinski definition) is 1. The molecule has 0 aliphatic rings. The van der Waals surface area contributed by atoms with E-state index < -0.39 is 0 Å². The zero-order valence-corrected chi connectivity index (χ0v) is 9.67. The first-order valence-corrected chi connectivity index (χ1v) is 5.49. The molecule has 0 spiro atoms. The minimum Gasteiger partial charge on any atom is -0.381 e. The van der Waals surface area contributed by atoms with Crippen molar-refractivity contribution in [2.24, 2.45) is 0 Å². The topological polar surface area (TPSA) is 35.8 Å². The number of nitrogens with zero attached hydrogens (tertiary/aromatic N) is 1. The molecule has 0 saturated heterocycles. The maximum absolute atomic E-state index is 9.07. The van der Waals surface area contributed by atoms with E-state index in [1.807, 2.05) is 25.1 Å². The van der Waals surface area contributed by atoms with E-state index in [1.54, 1.807) is 0 Å². The van der Waals surface area contributed by atoms with Crippen molar-refractivity contribution >= 4 is 5.69 Å². The van der Waals surface area contributed by atoms with E-state index in [0.717, 1.165) is 29.7 Å². The zero-order valence-electron chi connectivity index (χ0n) is 9.67. The van der Waals surface area contributed by atoms with Crippen LogP contribution in [-0.2, 0) is 0 Å². The number of aryl methyl sites for hydroxylation is 1. The first kappa shape index (κ1) is 11.6. The molecule has 0 heterocycles. The Morgan fingerprint density at radius 2 is 2.00 bits per heavy atom. The van der Waals surface area contributed by atoms with Crippen molar-refractivity contribution < 1.29 is 0 Å². The van der Waals surface area contributed by atoms with Crippen LogP contribution < -0.4 is 5.32 Å². The highest BCUT2D eigenvalue weighted by Crippen LogP contribution is 2.20. The van der Waals surface area contributed by atoms with Gasteiger partial charge >= 0.3 is 0 Å². The maximum atomic E-state index is 9.07. The summed E-state index contributed by atoms with van der Waals surface area (Å²) in [6.45, 7) is 6.28. The molecule has 0 aliphatic heterocycles. The summed E-state index contributed by atoms with van der Waals surface area (Å²) >= 11 is 0. The van der Waals surface area contributed by atoms with Gasteiger partial charge in [-0.25, -0.2) is 0 Å². The first-order chi connectivity index (χ1) is 7.22. The summed E-state index contributed by atoms with van der Waals surface area (Å²) in [5.74, 6) is 0. The number of hydrogen-bond acceptors (Lipinski definition) is 2. The van der Waals surface area contributed by atoms with Gasteiger partial charge in [0.15, 0.2) is 0 Å². The fourth-order valence-electron chi connectivity index (χ4n) is 1.65. The minimum absolute atomic E-state index is 0.457. The molecule has 15 heavy (non-hydrogen) atoms. The van der Waals surface area contributed by atoms with E-state index in [4.69, 9.17) is 5.26 Å². The highest BCUT2D eigenvalue weighted by Gasteiger charge is 2.08. The van der Waals surface area contributed by atoms with Gasteiger partial charge in [-0.2, -0.15) is 5.26 Å². The largest absolute Gasteiger partial charge is 0.381 e. The quantitative estimate of drug-likeness (QED) is 0.811. The van der Waals surface area contributed by atoms with E-state index in [9.17, 15) is 0 Å². The van der Waals surface area contributed by atoms with Gasteiger partial charge in [-0.3, -0.25) is 0 Å². The van der Waals surface area contributed by atoms with Crippen molar-refractivity contribution in [2.75, 3.05) is 5.32 Å². The summed E-state index contributed by atoms with van der Waals surface area (Å²) in [4.78, 5) is 0. The lowest BCUT2D eigenvalue weighted by molar-refractivity contribution is 0.671. The number of rotatable bonds is 4. The second kappa shape index (κ2) is 5.41. The Morgan fingerprint density at radius 3 is 2.53 bits per heavy atom. The SMILES string of the molecule is CCC(CC)Nc1cccc(C)c1C#N. The van der Waals surface area contributed by atoms with Crippen molar-refractivity contribution in [3.8, 4) is 6.07 Å². The summed E-state index contributed by atoms with van der Waals surface area (Å²) < 4.78 is 0. The highest BCUT2D eigenvalue weighted by molar-refractivity contribution is 5.61. The number of nitriles is 1. The molecule has 1 N–H and O–H groups in total. The molecule has 0 bridgehead atoms. The van der Waals surface area contributed by atoms with Crippen LogP contribution in [0, 0.1) is 18.3 Å². The molecule has 0 aromatic heterocycles. The summed E-state index contributed by atoms with van der Waals surface area (Å²) in [5.41, 5.74) is 2.77. The normalized spacial score (nSPS) is 10.1. The Hall–Kier alpha value is -1.49. The standard InChI is InChI=1S/C13H18N2/c1-4-11(5-2)15-13-8-6-7-10(3)12(13)9-14/h6-8,11,15H,4-5H2,1-3H3. The Balaban J connectivity index is 2.95. The van der Waals surface area contributed by atoms with Gasteiger partial charge in [-0.1, -0.05) is 26.0 Å². The van der Waals surface area contributed by atoms with Crippen LogP contribution in [0.2, 0.25) is 0 Å². The fraction of sp³-hybridized carbons (Fsp3) is 0.462. The lowest BCUT2D eigenvalue weighted by Crippen LogP contribution is -2.17. The average molecular weight is 202 g/mol. The van der Waals surface area contributed by atoms with E-state index in [1.165, 1.54) is 0 Å². The lowest BCUT2D eigenvalue weighted by atomic mass is 10.1. The molecule has 0 unspecified atom stereocenters. The van der Waals surface area contributed by atoms with Crippen LogP contribution in [0.15, 0.2) is 18.2 Å². The molecule has 80 valence electrons. The maximum Gasteiger partial charge on any atom is 0.102 e. The van der Waals surface area contributed by atoms with Gasteiger partial charge in [0.25, 0.3) is 0 Å². The van der Waals surface area contributed by atoms with Crippen LogP contribution in [0.25, 0.3) is 0 Å². The van der Waals surface area contributed by atoms with E-state index in [0.29, 0.717) is 6.04 Å². The van der Waals surface area contributed by atoms with E-state index in [2.05, 4.69) is 25.2 Å². The number of benzene rings is 1. The predicted octanol–water partition coefficient (Wildman–Crippen LogP) is 3.47. The summed E-state index contributed by atoms with van der Waals surface area (Å²) in [7, 11) is 0. The Bertz CT molecular complexity index is 359. The summed E-state index contributed by atoms with van der Waals surface area (Å²) in [6.07, 6.45) is 2.16. The molecule has 0 radical (unpaired) electrons. The third-order valence-electron chi connectivity index (χ3n) is 2.73. The van der Waals surface area contributed by atoms with Crippen molar-refractivity contribution in [1.29, 1.82) is 5.26 Å². The smallest absolute Gasteiger partial charge is 0.102 e. The number of nitrogens with one attached hydrogen (secondary N) is 1. The van der Waals surface area contributed by atoms with E-state index in [-0.39, 0.29) is 0 Å². The first-order valence-electron chi connectivity index (χ1n) is 5.49. The fourth-order valence-corrected chi connectivity index (χ4v) is 1.65. The van der Waals surface area contributed by atoms with Gasteiger partial charge in [0, 0.05) is 6.04 Å². The third kappa shape index (κ3) is 2.73. The molecule has 2 nitrogen and oxygen atoms in total. The van der Waals surface area contributed by atoms with Gasteiger partial charge in [0.1, 0.15) is 6.07 Å². The van der Waals surface area contributed by atoms with Gasteiger partial charge in [0.2, 0.25) is 0 Å². The van der Waals surface area contributed by atoms with Crippen LogP contribution in [-0.4, -0.2) is 6.04 Å². The molecule has 1 rings (SSSR count). The molecule has 0 fully saturated rings. The molecule has 0 aliphatic carbocycles. The van der Waals surface area contributed by atoms with E-state index >= 15 is 0 Å². The monoisotopic (exact) mass is 202 g/mol. The van der Waals surface area contributed by atoms with Crippen LogP contribution in [0.4, 0.5) is 5.69 Å². The van der Waals surface area contributed by atoms with Crippen molar-refractivity contribution in [3.63, 3.8) is 0 Å². The van der Waals surface area contributed by atoms with Crippen LogP contribution >= 0.6 is 0 Å². The summed E-state index contributed by atoms with van der Waals surface area (Å²) in [5, 5.41) is 12.5. The summed E-state index contributed by atoms with van der Waals surface area (Å²) in [6, 6.07) is 8.64. The van der Waals surface area contributed by atoms with Gasteiger partial charge in [-0.05, 0) is 31.4 Å². The van der Waals surface area contributed by atoms with Crippen molar-refractivity contribution in [2.45, 2.75) is 39.7 Å². The molecule has 1 aromatic carbocycles. The predicted molar refractivity (Wildman–Crippen MR) is 63.9 cm³/mol. The minimum atomic E-state index is 0.457. The van der Waals surface area contributed by atoms with Crippen LogP contribution in [0.1, 0.15) is 37.8 Å². The van der Waals surface area contributed by atoms with Crippen LogP contribution in [0.3, 0.4) is 0 Å². The molecule has 0 amide bonds. The second-order valence-corrected chi connectivity index (χ2v) is 3.77. The van der Waals surface area contributed by atoms with Crippen molar-refractivity contribution in [1.82, 2.24) is 0 Å². The molecule has 2 heteroatoms. The molecular weight excluding hydrogens is 184 g/mol. The highest BCUT2D eigenvalue weighted by atomic mass is 14.9. The second-order valence-electron chi connectivity index (χ2n) is 3.77. The molecule has 0 atom stereocenters. The average Bonchev–Trinajstić information content (AvgIpc) is 2.26. The van der Waals surface area contributed by atoms with Gasteiger partial charge in [-0.15, -0.1) is 0 Å². The Labute approximate surface area is 91.9 Å². The lowest BCUT2D eigenvalue weighted by Gasteiger charge is -2.17. The van der Waals surface area contributed by atoms with Gasteiger partial charge < -0.3 is 5.32 Å². The molecule has 0 saturated carbocycles. The van der Waals surface area contributed by atoms with Crippen LogP contribution in [0.5, 0.6) is 0 Å². The Morgan fingerprint density at radius 1 is 1.33 bits per heavy atom. The number of anilines is 1. The van der Waals surface area contributed by atoms with Gasteiger partial charge in [0.05, 0.1) is 11.3 Å². The molecular formula is C13H18N2.